The fourth-order valence-electron chi connectivity index (χ4n) is 5.97. The average Bonchev–Trinajstić information content (AvgIpc) is 2.75. The van der Waals surface area contributed by atoms with Crippen LogP contribution in [0, 0.1) is 5.41 Å². The van der Waals surface area contributed by atoms with Crippen molar-refractivity contribution in [3.05, 3.63) is 107 Å². The van der Waals surface area contributed by atoms with Crippen LogP contribution in [0.5, 0.6) is 0 Å². The molecular weight excluding hydrogens is 324 g/mol. The smallest absolute Gasteiger partial charge is 0.0149 e. The molecular formula is C27H28. The number of fused-ring (bicyclic) bond motifs is 1. The normalized spacial score (nSPS) is 23.7. The summed E-state index contributed by atoms with van der Waals surface area (Å²) < 4.78 is 0. The Bertz CT molecular complexity index is 888. The van der Waals surface area contributed by atoms with Gasteiger partial charge in [0, 0.05) is 11.8 Å². The van der Waals surface area contributed by atoms with Crippen LogP contribution >= 0.6 is 0 Å². The molecule has 0 heterocycles. The van der Waals surface area contributed by atoms with E-state index in [1.54, 1.807) is 11.1 Å². The molecule has 2 atom stereocenters. The zero-order chi connectivity index (χ0) is 18.1. The maximum atomic E-state index is 2.42. The highest BCUT2D eigenvalue weighted by Gasteiger charge is 2.47. The van der Waals surface area contributed by atoms with E-state index >= 15 is 0 Å². The van der Waals surface area contributed by atoms with Crippen molar-refractivity contribution >= 4 is 0 Å². The molecule has 2 unspecified atom stereocenters. The summed E-state index contributed by atoms with van der Waals surface area (Å²) in [4.78, 5) is 0. The van der Waals surface area contributed by atoms with Gasteiger partial charge in [-0.1, -0.05) is 104 Å². The second-order valence-electron chi connectivity index (χ2n) is 8.56. The molecule has 27 heavy (non-hydrogen) atoms. The Kier molecular flexibility index (Phi) is 4.36. The van der Waals surface area contributed by atoms with Crippen molar-refractivity contribution in [2.45, 2.75) is 50.4 Å². The molecule has 0 amide bonds. The van der Waals surface area contributed by atoms with Gasteiger partial charge in [0.05, 0.1) is 0 Å². The van der Waals surface area contributed by atoms with E-state index in [9.17, 15) is 0 Å². The monoisotopic (exact) mass is 352 g/mol. The molecule has 1 saturated carbocycles. The van der Waals surface area contributed by atoms with Crippen LogP contribution in [-0.4, -0.2) is 0 Å². The third-order valence-corrected chi connectivity index (χ3v) is 7.09. The van der Waals surface area contributed by atoms with E-state index in [1.165, 1.54) is 49.7 Å². The molecule has 0 saturated heterocycles. The number of benzene rings is 3. The van der Waals surface area contributed by atoms with Crippen LogP contribution in [0.15, 0.2) is 84.9 Å². The first-order valence-electron chi connectivity index (χ1n) is 10.6. The van der Waals surface area contributed by atoms with Crippen LogP contribution in [0.2, 0.25) is 0 Å². The van der Waals surface area contributed by atoms with E-state index in [0.29, 0.717) is 17.3 Å². The van der Waals surface area contributed by atoms with Crippen molar-refractivity contribution in [1.29, 1.82) is 0 Å². The highest BCUT2D eigenvalue weighted by atomic mass is 14.5. The zero-order valence-corrected chi connectivity index (χ0v) is 16.0. The van der Waals surface area contributed by atoms with Gasteiger partial charge in [0.2, 0.25) is 0 Å². The van der Waals surface area contributed by atoms with E-state index in [2.05, 4.69) is 84.9 Å². The fourth-order valence-corrected chi connectivity index (χ4v) is 5.97. The molecule has 0 aromatic heterocycles. The first kappa shape index (κ1) is 16.8. The molecule has 5 rings (SSSR count). The molecule has 1 spiro atoms. The van der Waals surface area contributed by atoms with Crippen LogP contribution in [-0.2, 0) is 0 Å². The summed E-state index contributed by atoms with van der Waals surface area (Å²) in [6.07, 6.45) is 8.18. The van der Waals surface area contributed by atoms with Crippen LogP contribution in [0.1, 0.15) is 72.6 Å². The van der Waals surface area contributed by atoms with Gasteiger partial charge in [-0.3, -0.25) is 0 Å². The van der Waals surface area contributed by atoms with Crippen LogP contribution < -0.4 is 0 Å². The molecule has 0 aliphatic heterocycles. The van der Waals surface area contributed by atoms with E-state index < -0.39 is 0 Å². The zero-order valence-electron chi connectivity index (χ0n) is 16.0. The maximum Gasteiger partial charge on any atom is 0.0149 e. The van der Waals surface area contributed by atoms with Crippen molar-refractivity contribution in [2.24, 2.45) is 5.41 Å². The average molecular weight is 353 g/mol. The predicted molar refractivity (Wildman–Crippen MR) is 113 cm³/mol. The highest BCUT2D eigenvalue weighted by Crippen LogP contribution is 2.60. The molecule has 2 aliphatic carbocycles. The number of hydrogen-bond acceptors (Lipinski definition) is 0. The van der Waals surface area contributed by atoms with Gasteiger partial charge < -0.3 is 0 Å². The first-order chi connectivity index (χ1) is 13.4. The van der Waals surface area contributed by atoms with E-state index in [4.69, 9.17) is 0 Å². The minimum Gasteiger partial charge on any atom is -0.0622 e. The SMILES string of the molecule is c1ccc(C2CC3(CCCCC3)C(c3ccccc3)c3ccccc32)cc1. The third kappa shape index (κ3) is 2.92. The molecule has 3 aromatic carbocycles. The van der Waals surface area contributed by atoms with E-state index in [0.717, 1.165) is 0 Å². The Labute approximate surface area is 163 Å². The summed E-state index contributed by atoms with van der Waals surface area (Å²) in [5.41, 5.74) is 6.52. The second-order valence-corrected chi connectivity index (χ2v) is 8.56. The van der Waals surface area contributed by atoms with Gasteiger partial charge in [0.1, 0.15) is 0 Å². The molecule has 136 valence electrons. The van der Waals surface area contributed by atoms with Crippen molar-refractivity contribution in [1.82, 2.24) is 0 Å². The maximum absolute atomic E-state index is 2.42. The lowest BCUT2D eigenvalue weighted by molar-refractivity contribution is 0.128. The lowest BCUT2D eigenvalue weighted by Gasteiger charge is -2.51. The Morgan fingerprint density at radius 2 is 1.11 bits per heavy atom. The summed E-state index contributed by atoms with van der Waals surface area (Å²) in [6, 6.07) is 31.8. The van der Waals surface area contributed by atoms with Crippen LogP contribution in [0.4, 0.5) is 0 Å². The molecule has 0 bridgehead atoms. The van der Waals surface area contributed by atoms with Gasteiger partial charge in [-0.15, -0.1) is 0 Å². The summed E-state index contributed by atoms with van der Waals surface area (Å²) in [7, 11) is 0. The largest absolute Gasteiger partial charge is 0.0622 e. The van der Waals surface area contributed by atoms with Gasteiger partial charge in [-0.05, 0) is 46.9 Å². The lowest BCUT2D eigenvalue weighted by Crippen LogP contribution is -2.38. The van der Waals surface area contributed by atoms with Gasteiger partial charge in [0.15, 0.2) is 0 Å². The summed E-state index contributed by atoms with van der Waals surface area (Å²) in [5, 5.41) is 0. The van der Waals surface area contributed by atoms with E-state index in [-0.39, 0.29) is 0 Å². The molecule has 0 radical (unpaired) electrons. The van der Waals surface area contributed by atoms with E-state index in [1.807, 2.05) is 0 Å². The highest BCUT2D eigenvalue weighted by molar-refractivity contribution is 5.48. The van der Waals surface area contributed by atoms with Gasteiger partial charge in [0.25, 0.3) is 0 Å². The predicted octanol–water partition coefficient (Wildman–Crippen LogP) is 7.30. The summed E-state index contributed by atoms with van der Waals surface area (Å²) in [6.45, 7) is 0. The Morgan fingerprint density at radius 1 is 0.556 bits per heavy atom. The fraction of sp³-hybridized carbons (Fsp3) is 0.333. The molecule has 0 heteroatoms. The van der Waals surface area contributed by atoms with Crippen molar-refractivity contribution in [3.63, 3.8) is 0 Å². The molecule has 0 N–H and O–H groups in total. The molecule has 2 aliphatic rings. The van der Waals surface area contributed by atoms with Crippen molar-refractivity contribution < 1.29 is 0 Å². The van der Waals surface area contributed by atoms with Crippen LogP contribution in [0.3, 0.4) is 0 Å². The van der Waals surface area contributed by atoms with Crippen molar-refractivity contribution in [2.75, 3.05) is 0 Å². The third-order valence-electron chi connectivity index (χ3n) is 7.09. The minimum atomic E-state index is 0.397. The van der Waals surface area contributed by atoms with Gasteiger partial charge in [-0.2, -0.15) is 0 Å². The summed E-state index contributed by atoms with van der Waals surface area (Å²) in [5.74, 6) is 1.07. The molecule has 1 fully saturated rings. The summed E-state index contributed by atoms with van der Waals surface area (Å²) >= 11 is 0. The van der Waals surface area contributed by atoms with Gasteiger partial charge >= 0.3 is 0 Å². The molecule has 3 aromatic rings. The van der Waals surface area contributed by atoms with Crippen molar-refractivity contribution in [3.8, 4) is 0 Å². The minimum absolute atomic E-state index is 0.397. The Hall–Kier alpha value is -2.34. The quantitative estimate of drug-likeness (QED) is 0.454. The second kappa shape index (κ2) is 7.00. The molecule has 0 nitrogen and oxygen atoms in total. The number of hydrogen-bond donors (Lipinski definition) is 0. The van der Waals surface area contributed by atoms with Gasteiger partial charge in [-0.25, -0.2) is 0 Å². The van der Waals surface area contributed by atoms with Crippen LogP contribution in [0.25, 0.3) is 0 Å². The topological polar surface area (TPSA) is 0 Å². The standard InChI is InChI=1S/C27H28/c1-4-12-21(13-5-1)25-20-27(18-10-3-11-19-27)26(22-14-6-2-7-15-22)24-17-9-8-16-23(24)25/h1-2,4-9,12-17,25-26H,3,10-11,18-20H2. The lowest BCUT2D eigenvalue weighted by atomic mass is 9.53. The number of rotatable bonds is 2. The Morgan fingerprint density at radius 3 is 1.78 bits per heavy atom. The first-order valence-corrected chi connectivity index (χ1v) is 10.6. The Balaban J connectivity index is 1.71.